The molecule has 0 radical (unpaired) electrons. The molecular weight excluding hydrogens is 394 g/mol. The van der Waals surface area contributed by atoms with Crippen LogP contribution in [0.2, 0.25) is 0 Å². The van der Waals surface area contributed by atoms with Crippen LogP contribution in [0.15, 0.2) is 48.5 Å². The van der Waals surface area contributed by atoms with Crippen molar-refractivity contribution in [1.82, 2.24) is 15.1 Å². The van der Waals surface area contributed by atoms with Crippen molar-refractivity contribution in [2.24, 2.45) is 0 Å². The van der Waals surface area contributed by atoms with E-state index in [9.17, 15) is 9.90 Å². The minimum Gasteiger partial charge on any atom is -0.507 e. The molecule has 31 heavy (non-hydrogen) atoms. The van der Waals surface area contributed by atoms with E-state index in [1.165, 1.54) is 0 Å². The van der Waals surface area contributed by atoms with Crippen LogP contribution in [0.1, 0.15) is 47.4 Å². The van der Waals surface area contributed by atoms with Crippen molar-refractivity contribution in [3.63, 3.8) is 0 Å². The van der Waals surface area contributed by atoms with E-state index in [-0.39, 0.29) is 23.8 Å². The molecular formula is C24H25N3O4. The van der Waals surface area contributed by atoms with Gasteiger partial charge in [-0.2, -0.15) is 5.10 Å². The number of phenols is 1. The van der Waals surface area contributed by atoms with Crippen molar-refractivity contribution in [2.75, 3.05) is 19.8 Å². The van der Waals surface area contributed by atoms with Crippen molar-refractivity contribution < 1.29 is 19.4 Å². The van der Waals surface area contributed by atoms with Gasteiger partial charge in [0, 0.05) is 24.3 Å². The van der Waals surface area contributed by atoms with E-state index in [0.717, 1.165) is 36.3 Å². The fourth-order valence-electron chi connectivity index (χ4n) is 4.53. The number of fused-ring (bicyclic) bond motifs is 1. The van der Waals surface area contributed by atoms with E-state index >= 15 is 0 Å². The molecule has 0 unspecified atom stereocenters. The molecule has 2 N–H and O–H groups in total. The van der Waals surface area contributed by atoms with E-state index < -0.39 is 0 Å². The Morgan fingerprint density at radius 3 is 2.74 bits per heavy atom. The van der Waals surface area contributed by atoms with Crippen LogP contribution in [0.25, 0.3) is 11.3 Å². The minimum absolute atomic E-state index is 0.0275. The van der Waals surface area contributed by atoms with Crippen molar-refractivity contribution in [1.29, 1.82) is 0 Å². The molecule has 0 spiro atoms. The van der Waals surface area contributed by atoms with Gasteiger partial charge in [0.1, 0.15) is 22.9 Å². The Morgan fingerprint density at radius 1 is 1.23 bits per heavy atom. The summed E-state index contributed by atoms with van der Waals surface area (Å²) < 4.78 is 11.4. The molecule has 1 fully saturated rings. The molecule has 5 rings (SSSR count). The molecule has 0 bridgehead atoms. The molecule has 0 aliphatic carbocycles. The molecule has 0 saturated carbocycles. The summed E-state index contributed by atoms with van der Waals surface area (Å²) in [4.78, 5) is 15.2. The Hall–Kier alpha value is -3.32. The average molecular weight is 419 g/mol. The number of ether oxygens (including phenoxy) is 2. The fraction of sp³-hybridized carbons (Fsp3) is 0.333. The van der Waals surface area contributed by atoms with Crippen LogP contribution in [0.3, 0.4) is 0 Å². The van der Waals surface area contributed by atoms with Crippen LogP contribution >= 0.6 is 0 Å². The number of rotatable bonds is 6. The van der Waals surface area contributed by atoms with Gasteiger partial charge in [0.25, 0.3) is 5.91 Å². The summed E-state index contributed by atoms with van der Waals surface area (Å²) in [6.45, 7) is 3.79. The maximum atomic E-state index is 13.4. The molecule has 160 valence electrons. The third-order valence-electron chi connectivity index (χ3n) is 5.95. The maximum Gasteiger partial charge on any atom is 0.273 e. The van der Waals surface area contributed by atoms with Gasteiger partial charge >= 0.3 is 0 Å². The highest BCUT2D eigenvalue weighted by Gasteiger charge is 2.43. The van der Waals surface area contributed by atoms with E-state index in [0.29, 0.717) is 30.1 Å². The number of para-hydroxylation sites is 1. The zero-order chi connectivity index (χ0) is 21.4. The summed E-state index contributed by atoms with van der Waals surface area (Å²) >= 11 is 0. The van der Waals surface area contributed by atoms with Gasteiger partial charge in [0.05, 0.1) is 18.8 Å². The number of aromatic nitrogens is 2. The van der Waals surface area contributed by atoms with Gasteiger partial charge in [-0.3, -0.25) is 9.89 Å². The quantitative estimate of drug-likeness (QED) is 0.633. The minimum atomic E-state index is -0.323. The van der Waals surface area contributed by atoms with Gasteiger partial charge in [-0.05, 0) is 49.6 Å². The SMILES string of the molecule is CCOc1ccc([C@@H]2c3c(-c4ccccc4O)n[nH]c3C(=O)N2C[C@H]2CCCO2)cc1. The first kappa shape index (κ1) is 19.6. The number of H-pyrrole nitrogens is 1. The van der Waals surface area contributed by atoms with Gasteiger partial charge in [0.2, 0.25) is 0 Å². The Balaban J connectivity index is 1.60. The van der Waals surface area contributed by atoms with Crippen LogP contribution in [0.5, 0.6) is 11.5 Å². The van der Waals surface area contributed by atoms with Gasteiger partial charge < -0.3 is 19.5 Å². The molecule has 2 atom stereocenters. The lowest BCUT2D eigenvalue weighted by Gasteiger charge is -2.28. The molecule has 2 aliphatic heterocycles. The van der Waals surface area contributed by atoms with E-state index in [4.69, 9.17) is 9.47 Å². The van der Waals surface area contributed by atoms with Crippen LogP contribution in [0, 0.1) is 0 Å². The van der Waals surface area contributed by atoms with Crippen LogP contribution in [-0.4, -0.2) is 52.0 Å². The maximum absolute atomic E-state index is 13.4. The van der Waals surface area contributed by atoms with Gasteiger partial charge in [-0.1, -0.05) is 24.3 Å². The lowest BCUT2D eigenvalue weighted by molar-refractivity contribution is 0.0495. The molecule has 7 nitrogen and oxygen atoms in total. The molecule has 3 aromatic rings. The highest BCUT2D eigenvalue weighted by molar-refractivity contribution is 6.00. The normalized spacial score (nSPS) is 20.3. The largest absolute Gasteiger partial charge is 0.507 e. The number of nitrogens with one attached hydrogen (secondary N) is 1. The Kier molecular flexibility index (Phi) is 5.11. The molecule has 3 heterocycles. The van der Waals surface area contributed by atoms with Gasteiger partial charge in [-0.25, -0.2) is 0 Å². The smallest absolute Gasteiger partial charge is 0.273 e. The molecule has 2 aromatic carbocycles. The monoisotopic (exact) mass is 419 g/mol. The second-order valence-corrected chi connectivity index (χ2v) is 7.88. The molecule has 2 aliphatic rings. The second-order valence-electron chi connectivity index (χ2n) is 7.88. The first-order valence-electron chi connectivity index (χ1n) is 10.7. The third-order valence-corrected chi connectivity index (χ3v) is 5.95. The molecule has 1 amide bonds. The third kappa shape index (κ3) is 3.45. The average Bonchev–Trinajstić information content (AvgIpc) is 3.50. The summed E-state index contributed by atoms with van der Waals surface area (Å²) in [5, 5.41) is 17.8. The van der Waals surface area contributed by atoms with Crippen LogP contribution in [-0.2, 0) is 4.74 Å². The van der Waals surface area contributed by atoms with Crippen molar-refractivity contribution in [2.45, 2.75) is 31.9 Å². The Bertz CT molecular complexity index is 1090. The number of hydrogen-bond donors (Lipinski definition) is 2. The second kappa shape index (κ2) is 8.07. The lowest BCUT2D eigenvalue weighted by Crippen LogP contribution is -2.36. The molecule has 7 heteroatoms. The number of benzene rings is 2. The number of carbonyl (C=O) groups excluding carboxylic acids is 1. The van der Waals surface area contributed by atoms with Crippen molar-refractivity contribution in [3.05, 3.63) is 65.4 Å². The molecule has 1 saturated heterocycles. The highest BCUT2D eigenvalue weighted by atomic mass is 16.5. The lowest BCUT2D eigenvalue weighted by atomic mass is 9.95. The number of phenolic OH excluding ortho intramolecular Hbond substituents is 1. The number of aromatic hydroxyl groups is 1. The highest BCUT2D eigenvalue weighted by Crippen LogP contribution is 2.45. The van der Waals surface area contributed by atoms with Crippen molar-refractivity contribution >= 4 is 5.91 Å². The predicted octanol–water partition coefficient (Wildman–Crippen LogP) is 3.91. The zero-order valence-corrected chi connectivity index (χ0v) is 17.4. The summed E-state index contributed by atoms with van der Waals surface area (Å²) in [7, 11) is 0. The summed E-state index contributed by atoms with van der Waals surface area (Å²) in [5.41, 5.74) is 3.41. The number of hydrogen-bond acceptors (Lipinski definition) is 5. The first-order valence-corrected chi connectivity index (χ1v) is 10.7. The Labute approximate surface area is 180 Å². The number of nitrogens with zero attached hydrogens (tertiary/aromatic N) is 2. The van der Waals surface area contributed by atoms with Crippen molar-refractivity contribution in [3.8, 4) is 22.8 Å². The summed E-state index contributed by atoms with van der Waals surface area (Å²) in [6, 6.07) is 14.6. The van der Waals surface area contributed by atoms with Crippen LogP contribution in [0.4, 0.5) is 0 Å². The number of amides is 1. The summed E-state index contributed by atoms with van der Waals surface area (Å²) in [6.07, 6.45) is 1.98. The molecule has 1 aromatic heterocycles. The fourth-order valence-corrected chi connectivity index (χ4v) is 4.53. The predicted molar refractivity (Wildman–Crippen MR) is 115 cm³/mol. The zero-order valence-electron chi connectivity index (χ0n) is 17.4. The summed E-state index contributed by atoms with van der Waals surface area (Å²) in [5.74, 6) is 0.820. The van der Waals surface area contributed by atoms with E-state index in [1.54, 1.807) is 12.1 Å². The first-order chi connectivity index (χ1) is 15.2. The number of aromatic amines is 1. The number of carbonyl (C=O) groups is 1. The van der Waals surface area contributed by atoms with E-state index in [1.807, 2.05) is 48.2 Å². The Morgan fingerprint density at radius 2 is 2.03 bits per heavy atom. The van der Waals surface area contributed by atoms with Crippen LogP contribution < -0.4 is 4.74 Å². The topological polar surface area (TPSA) is 87.7 Å². The standard InChI is InChI=1S/C24H25N3O4/c1-2-30-16-11-9-15(10-12-16)23-20-21(18-7-3-4-8-19(18)28)25-26-22(20)24(29)27(23)14-17-6-5-13-31-17/h3-4,7-12,17,23,28H,2,5-6,13-14H2,1H3,(H,25,26)/t17-,23-/m1/s1. The van der Waals surface area contributed by atoms with Gasteiger partial charge in [0.15, 0.2) is 0 Å². The van der Waals surface area contributed by atoms with E-state index in [2.05, 4.69) is 10.2 Å². The van der Waals surface area contributed by atoms with Gasteiger partial charge in [-0.15, -0.1) is 0 Å².